The molecule has 0 radical (unpaired) electrons. The van der Waals surface area contributed by atoms with Crippen molar-refractivity contribution in [2.24, 2.45) is 0 Å². The van der Waals surface area contributed by atoms with Crippen LogP contribution in [0.1, 0.15) is 16.7 Å². The van der Waals surface area contributed by atoms with E-state index in [0.29, 0.717) is 28.0 Å². The van der Waals surface area contributed by atoms with Crippen LogP contribution in [-0.4, -0.2) is 9.38 Å². The number of ether oxygens (including phenoxy) is 1. The molecule has 0 saturated heterocycles. The number of aromatic nitrogens is 2. The Hall–Kier alpha value is -4.88. The summed E-state index contributed by atoms with van der Waals surface area (Å²) in [4.78, 5) is 4.60. The molecule has 3 aromatic carbocycles. The molecule has 5 aromatic rings. The van der Waals surface area contributed by atoms with E-state index in [1.807, 2.05) is 24.3 Å². The summed E-state index contributed by atoms with van der Waals surface area (Å²) in [6.07, 6.45) is 0. The standard InChI is InChI=1S/C26H16FN5O/c27-18-10-8-16(9-11-18)15-33-19-5-3-4-17(12-19)24-20(13-28)25(30)32-23-7-2-1-6-22(23)31-26(32)21(24)14-29/h1-12H,15,30H2. The van der Waals surface area contributed by atoms with Crippen molar-refractivity contribution in [1.29, 1.82) is 10.5 Å². The van der Waals surface area contributed by atoms with Crippen molar-refractivity contribution in [3.05, 3.63) is 95.3 Å². The molecule has 5 rings (SSSR count). The summed E-state index contributed by atoms with van der Waals surface area (Å²) in [6, 6.07) is 24.9. The molecule has 2 aromatic heterocycles. The summed E-state index contributed by atoms with van der Waals surface area (Å²) in [5.41, 5.74) is 10.5. The van der Waals surface area contributed by atoms with Gasteiger partial charge in [0.2, 0.25) is 0 Å². The van der Waals surface area contributed by atoms with Crippen LogP contribution in [-0.2, 0) is 6.61 Å². The van der Waals surface area contributed by atoms with Gasteiger partial charge in [0.15, 0.2) is 5.65 Å². The summed E-state index contributed by atoms with van der Waals surface area (Å²) in [5.74, 6) is 0.442. The highest BCUT2D eigenvalue weighted by molar-refractivity contribution is 5.92. The van der Waals surface area contributed by atoms with Gasteiger partial charge in [-0.2, -0.15) is 10.5 Å². The van der Waals surface area contributed by atoms with E-state index >= 15 is 0 Å². The van der Waals surface area contributed by atoms with Crippen molar-refractivity contribution in [2.45, 2.75) is 6.61 Å². The minimum absolute atomic E-state index is 0.192. The second kappa shape index (κ2) is 7.99. The fourth-order valence-corrected chi connectivity index (χ4v) is 3.91. The molecule has 0 unspecified atom stereocenters. The zero-order valence-corrected chi connectivity index (χ0v) is 17.3. The quantitative estimate of drug-likeness (QED) is 0.420. The number of hydrogen-bond donors (Lipinski definition) is 1. The molecule has 0 aliphatic heterocycles. The van der Waals surface area contributed by atoms with E-state index in [9.17, 15) is 14.9 Å². The molecule has 2 N–H and O–H groups in total. The first-order valence-electron chi connectivity index (χ1n) is 10.1. The molecule has 2 heterocycles. The van der Waals surface area contributed by atoms with Gasteiger partial charge in [0.25, 0.3) is 0 Å². The maximum Gasteiger partial charge on any atom is 0.158 e. The third-order valence-corrected chi connectivity index (χ3v) is 5.45. The molecule has 0 amide bonds. The number of nitriles is 2. The summed E-state index contributed by atoms with van der Waals surface area (Å²) in [6.45, 7) is 0.243. The number of para-hydroxylation sites is 2. The molecular weight excluding hydrogens is 417 g/mol. The summed E-state index contributed by atoms with van der Waals surface area (Å²) >= 11 is 0. The first-order valence-corrected chi connectivity index (χ1v) is 10.1. The number of hydrogen-bond acceptors (Lipinski definition) is 5. The highest BCUT2D eigenvalue weighted by atomic mass is 19.1. The third kappa shape index (κ3) is 3.38. The van der Waals surface area contributed by atoms with Gasteiger partial charge >= 0.3 is 0 Å². The van der Waals surface area contributed by atoms with Crippen molar-refractivity contribution in [2.75, 3.05) is 5.73 Å². The van der Waals surface area contributed by atoms with Crippen LogP contribution in [0.2, 0.25) is 0 Å². The van der Waals surface area contributed by atoms with Gasteiger partial charge in [-0.05, 0) is 47.5 Å². The van der Waals surface area contributed by atoms with E-state index in [1.165, 1.54) is 12.1 Å². The molecule has 0 bridgehead atoms. The molecule has 0 aliphatic carbocycles. The molecule has 7 heteroatoms. The lowest BCUT2D eigenvalue weighted by Crippen LogP contribution is -2.06. The number of nitrogens with two attached hydrogens (primary N) is 1. The molecule has 158 valence electrons. The SMILES string of the molecule is N#Cc1c(-c2cccc(OCc3ccc(F)cc3)c2)c(C#N)c2nc3ccccc3n2c1N. The fourth-order valence-electron chi connectivity index (χ4n) is 3.91. The van der Waals surface area contributed by atoms with Crippen molar-refractivity contribution >= 4 is 22.5 Å². The average Bonchev–Trinajstić information content (AvgIpc) is 3.23. The van der Waals surface area contributed by atoms with Crippen LogP contribution in [0.4, 0.5) is 10.2 Å². The first-order chi connectivity index (χ1) is 16.1. The topological polar surface area (TPSA) is 100 Å². The van der Waals surface area contributed by atoms with E-state index in [-0.39, 0.29) is 29.4 Å². The van der Waals surface area contributed by atoms with Gasteiger partial charge < -0.3 is 10.5 Å². The fraction of sp³-hybridized carbons (Fsp3) is 0.0385. The van der Waals surface area contributed by atoms with Crippen molar-refractivity contribution in [3.8, 4) is 29.0 Å². The van der Waals surface area contributed by atoms with Gasteiger partial charge in [-0.3, -0.25) is 4.40 Å². The van der Waals surface area contributed by atoms with Crippen LogP contribution in [0, 0.1) is 28.5 Å². The van der Waals surface area contributed by atoms with Gasteiger partial charge in [0, 0.05) is 5.56 Å². The number of benzene rings is 3. The second-order valence-electron chi connectivity index (χ2n) is 7.44. The average molecular weight is 433 g/mol. The predicted molar refractivity (Wildman–Crippen MR) is 123 cm³/mol. The van der Waals surface area contributed by atoms with E-state index in [0.717, 1.165) is 11.1 Å². The van der Waals surface area contributed by atoms with Crippen LogP contribution in [0.25, 0.3) is 27.8 Å². The van der Waals surface area contributed by atoms with Crippen LogP contribution >= 0.6 is 0 Å². The number of fused-ring (bicyclic) bond motifs is 3. The van der Waals surface area contributed by atoms with Crippen molar-refractivity contribution in [3.63, 3.8) is 0 Å². The monoisotopic (exact) mass is 433 g/mol. The van der Waals surface area contributed by atoms with Gasteiger partial charge in [-0.25, -0.2) is 9.37 Å². The van der Waals surface area contributed by atoms with Gasteiger partial charge in [-0.1, -0.05) is 36.4 Å². The summed E-state index contributed by atoms with van der Waals surface area (Å²) < 4.78 is 20.6. The first kappa shape index (κ1) is 20.0. The molecule has 0 spiro atoms. The van der Waals surface area contributed by atoms with Crippen molar-refractivity contribution < 1.29 is 9.13 Å². The predicted octanol–water partition coefficient (Wildman–Crippen LogP) is 5.20. The van der Waals surface area contributed by atoms with Crippen LogP contribution in [0.5, 0.6) is 5.75 Å². The number of halogens is 1. The molecule has 0 aliphatic rings. The Bertz CT molecular complexity index is 1610. The zero-order chi connectivity index (χ0) is 22.9. The Morgan fingerprint density at radius 2 is 1.70 bits per heavy atom. The number of pyridine rings is 1. The minimum atomic E-state index is -0.312. The van der Waals surface area contributed by atoms with Crippen molar-refractivity contribution in [1.82, 2.24) is 9.38 Å². The molecule has 0 fully saturated rings. The molecule has 6 nitrogen and oxygen atoms in total. The molecule has 0 atom stereocenters. The lowest BCUT2D eigenvalue weighted by molar-refractivity contribution is 0.306. The van der Waals surface area contributed by atoms with Gasteiger partial charge in [0.05, 0.1) is 11.0 Å². The Kier molecular flexibility index (Phi) is 4.85. The highest BCUT2D eigenvalue weighted by Gasteiger charge is 2.22. The Labute approximate surface area is 188 Å². The van der Waals surface area contributed by atoms with Crippen LogP contribution in [0.3, 0.4) is 0 Å². The zero-order valence-electron chi connectivity index (χ0n) is 17.3. The molecule has 33 heavy (non-hydrogen) atoms. The van der Waals surface area contributed by atoms with E-state index in [1.54, 1.807) is 40.8 Å². The number of rotatable bonds is 4. The lowest BCUT2D eigenvalue weighted by Gasteiger charge is -2.14. The van der Waals surface area contributed by atoms with Gasteiger partial charge in [-0.15, -0.1) is 0 Å². The summed E-state index contributed by atoms with van der Waals surface area (Å²) in [7, 11) is 0. The Balaban J connectivity index is 1.65. The largest absolute Gasteiger partial charge is 0.489 e. The third-order valence-electron chi connectivity index (χ3n) is 5.45. The maximum absolute atomic E-state index is 13.1. The smallest absolute Gasteiger partial charge is 0.158 e. The Morgan fingerprint density at radius 1 is 0.939 bits per heavy atom. The maximum atomic E-state index is 13.1. The number of imidazole rings is 1. The molecule has 0 saturated carbocycles. The van der Waals surface area contributed by atoms with E-state index < -0.39 is 0 Å². The normalized spacial score (nSPS) is 10.8. The van der Waals surface area contributed by atoms with E-state index in [4.69, 9.17) is 10.5 Å². The van der Waals surface area contributed by atoms with Crippen LogP contribution in [0.15, 0.2) is 72.8 Å². The van der Waals surface area contributed by atoms with E-state index in [2.05, 4.69) is 17.1 Å². The number of nitrogens with zero attached hydrogens (tertiary/aromatic N) is 4. The lowest BCUT2D eigenvalue weighted by atomic mass is 9.96. The molecular formula is C26H16FN5O. The number of nitrogen functional groups attached to an aromatic ring is 1. The second-order valence-corrected chi connectivity index (χ2v) is 7.44. The summed E-state index contributed by atoms with van der Waals surface area (Å²) in [5, 5.41) is 20.0. The number of anilines is 1. The minimum Gasteiger partial charge on any atom is -0.489 e. The van der Waals surface area contributed by atoms with Crippen LogP contribution < -0.4 is 10.5 Å². The Morgan fingerprint density at radius 3 is 2.45 bits per heavy atom. The highest BCUT2D eigenvalue weighted by Crippen LogP contribution is 2.37. The van der Waals surface area contributed by atoms with Gasteiger partial charge in [0.1, 0.15) is 47.3 Å².